The fourth-order valence-corrected chi connectivity index (χ4v) is 2.91. The predicted molar refractivity (Wildman–Crippen MR) is 69.6 cm³/mol. The molecule has 1 aromatic rings. The fraction of sp³-hybridized carbons (Fsp3) is 0.583. The van der Waals surface area contributed by atoms with E-state index in [2.05, 4.69) is 15.6 Å². The number of nitrogens with zero attached hydrogens (tertiary/aromatic N) is 1. The molecule has 2 rings (SSSR count). The van der Waals surface area contributed by atoms with Crippen molar-refractivity contribution in [3.63, 3.8) is 0 Å². The van der Waals surface area contributed by atoms with Gasteiger partial charge in [0.25, 0.3) is 0 Å². The van der Waals surface area contributed by atoms with E-state index in [9.17, 15) is 9.59 Å². The van der Waals surface area contributed by atoms with Crippen molar-refractivity contribution in [3.8, 4) is 0 Å². The van der Waals surface area contributed by atoms with Crippen LogP contribution in [0.25, 0.3) is 0 Å². The van der Waals surface area contributed by atoms with E-state index in [4.69, 9.17) is 0 Å². The Morgan fingerprint density at radius 1 is 1.50 bits per heavy atom. The number of carbonyl (C=O) groups is 2. The summed E-state index contributed by atoms with van der Waals surface area (Å²) in [6.45, 7) is 1.84. The van der Waals surface area contributed by atoms with Crippen LogP contribution in [0.3, 0.4) is 0 Å². The highest BCUT2D eigenvalue weighted by Crippen LogP contribution is 2.23. The van der Waals surface area contributed by atoms with Crippen molar-refractivity contribution in [1.82, 2.24) is 15.6 Å². The van der Waals surface area contributed by atoms with Crippen LogP contribution in [0.2, 0.25) is 0 Å². The summed E-state index contributed by atoms with van der Waals surface area (Å²) >= 11 is 1.68. The first-order valence-electron chi connectivity index (χ1n) is 6.06. The first kappa shape index (κ1) is 13.2. The molecule has 1 unspecified atom stereocenters. The molecule has 18 heavy (non-hydrogen) atoms. The van der Waals surface area contributed by atoms with Gasteiger partial charge in [0.1, 0.15) is 0 Å². The highest BCUT2D eigenvalue weighted by molar-refractivity contribution is 7.09. The molecule has 0 fully saturated rings. The van der Waals surface area contributed by atoms with E-state index in [1.807, 2.05) is 5.51 Å². The second-order valence-corrected chi connectivity index (χ2v) is 5.43. The van der Waals surface area contributed by atoms with Gasteiger partial charge in [-0.25, -0.2) is 4.98 Å². The maximum Gasteiger partial charge on any atom is 0.217 e. The van der Waals surface area contributed by atoms with Gasteiger partial charge in [0.15, 0.2) is 5.78 Å². The van der Waals surface area contributed by atoms with Gasteiger partial charge in [0, 0.05) is 17.8 Å². The lowest BCUT2D eigenvalue weighted by atomic mass is 9.97. The third-order valence-electron chi connectivity index (χ3n) is 3.01. The number of ketones is 1. The van der Waals surface area contributed by atoms with Gasteiger partial charge < -0.3 is 10.6 Å². The Balaban J connectivity index is 1.72. The molecule has 0 aliphatic heterocycles. The van der Waals surface area contributed by atoms with E-state index in [1.165, 1.54) is 17.5 Å². The van der Waals surface area contributed by atoms with Gasteiger partial charge in [0.05, 0.1) is 24.3 Å². The molecule has 1 amide bonds. The van der Waals surface area contributed by atoms with E-state index in [0.29, 0.717) is 12.6 Å². The Kier molecular flexibility index (Phi) is 4.43. The molecule has 0 spiro atoms. The van der Waals surface area contributed by atoms with Crippen molar-refractivity contribution in [2.75, 3.05) is 13.1 Å². The topological polar surface area (TPSA) is 71.1 Å². The number of amides is 1. The van der Waals surface area contributed by atoms with Gasteiger partial charge in [-0.1, -0.05) is 0 Å². The van der Waals surface area contributed by atoms with E-state index < -0.39 is 0 Å². The summed E-state index contributed by atoms with van der Waals surface area (Å²) in [5.41, 5.74) is 3.09. The quantitative estimate of drug-likeness (QED) is 0.804. The number of hydrogen-bond donors (Lipinski definition) is 2. The van der Waals surface area contributed by atoms with Crippen LogP contribution in [0.4, 0.5) is 0 Å². The highest BCUT2D eigenvalue weighted by Gasteiger charge is 2.20. The van der Waals surface area contributed by atoms with E-state index in [0.717, 1.165) is 19.3 Å². The Bertz CT molecular complexity index is 444. The van der Waals surface area contributed by atoms with Gasteiger partial charge in [-0.2, -0.15) is 0 Å². The minimum absolute atomic E-state index is 0.0142. The summed E-state index contributed by atoms with van der Waals surface area (Å²) in [7, 11) is 0. The monoisotopic (exact) mass is 267 g/mol. The normalized spacial score (nSPS) is 18.2. The maximum absolute atomic E-state index is 11.5. The molecule has 1 heterocycles. The predicted octanol–water partition coefficient (Wildman–Crippen LogP) is 0.295. The molecule has 0 saturated heterocycles. The van der Waals surface area contributed by atoms with Crippen LogP contribution < -0.4 is 10.6 Å². The van der Waals surface area contributed by atoms with Gasteiger partial charge in [0.2, 0.25) is 5.91 Å². The number of rotatable bonds is 5. The zero-order valence-corrected chi connectivity index (χ0v) is 11.2. The number of hydrogen-bond acceptors (Lipinski definition) is 5. The van der Waals surface area contributed by atoms with Gasteiger partial charge >= 0.3 is 0 Å². The molecule has 1 atom stereocenters. The summed E-state index contributed by atoms with van der Waals surface area (Å²) in [4.78, 5) is 27.8. The second-order valence-electron chi connectivity index (χ2n) is 4.49. The highest BCUT2D eigenvalue weighted by atomic mass is 32.1. The van der Waals surface area contributed by atoms with Crippen molar-refractivity contribution in [1.29, 1.82) is 0 Å². The average Bonchev–Trinajstić information content (AvgIpc) is 2.81. The summed E-state index contributed by atoms with van der Waals surface area (Å²) < 4.78 is 0. The van der Waals surface area contributed by atoms with Crippen molar-refractivity contribution >= 4 is 23.0 Å². The van der Waals surface area contributed by atoms with Crippen LogP contribution in [-0.4, -0.2) is 35.8 Å². The van der Waals surface area contributed by atoms with Crippen LogP contribution in [0.15, 0.2) is 5.51 Å². The molecule has 98 valence electrons. The second kappa shape index (κ2) is 6.06. The number of aryl methyl sites for hydroxylation is 1. The van der Waals surface area contributed by atoms with Gasteiger partial charge in [-0.15, -0.1) is 11.3 Å². The SMILES string of the molecule is CC(=O)NCC(=O)CNC1CCc2ncsc2C1. The summed E-state index contributed by atoms with van der Waals surface area (Å²) in [6.07, 6.45) is 2.95. The first-order valence-corrected chi connectivity index (χ1v) is 6.94. The minimum Gasteiger partial charge on any atom is -0.349 e. The van der Waals surface area contributed by atoms with Crippen molar-refractivity contribution in [2.45, 2.75) is 32.2 Å². The van der Waals surface area contributed by atoms with Crippen molar-refractivity contribution < 1.29 is 9.59 Å². The molecule has 6 heteroatoms. The molecule has 1 aliphatic rings. The lowest BCUT2D eigenvalue weighted by Crippen LogP contribution is -2.40. The lowest BCUT2D eigenvalue weighted by molar-refractivity contribution is -0.123. The molecule has 0 bridgehead atoms. The number of thiazole rings is 1. The standard InChI is InChI=1S/C12H17N3O2S/c1-8(16)13-5-10(17)6-14-9-2-3-11-12(4-9)18-7-15-11/h7,9,14H,2-6H2,1H3,(H,13,16). The summed E-state index contributed by atoms with van der Waals surface area (Å²) in [6, 6.07) is 0.347. The third kappa shape index (κ3) is 3.61. The Hall–Kier alpha value is -1.27. The van der Waals surface area contributed by atoms with Crippen LogP contribution in [0.1, 0.15) is 23.9 Å². The zero-order valence-electron chi connectivity index (χ0n) is 10.4. The Labute approximate surface area is 110 Å². The zero-order chi connectivity index (χ0) is 13.0. The molecular formula is C12H17N3O2S. The molecule has 0 saturated carbocycles. The molecule has 0 radical (unpaired) electrons. The van der Waals surface area contributed by atoms with E-state index in [-0.39, 0.29) is 18.2 Å². The molecule has 1 aliphatic carbocycles. The van der Waals surface area contributed by atoms with Crippen LogP contribution in [-0.2, 0) is 22.4 Å². The van der Waals surface area contributed by atoms with E-state index in [1.54, 1.807) is 11.3 Å². The minimum atomic E-state index is -0.171. The van der Waals surface area contributed by atoms with Gasteiger partial charge in [-0.05, 0) is 19.3 Å². The maximum atomic E-state index is 11.5. The number of aromatic nitrogens is 1. The largest absolute Gasteiger partial charge is 0.349 e. The number of carbonyl (C=O) groups excluding carboxylic acids is 2. The first-order chi connectivity index (χ1) is 8.65. The summed E-state index contributed by atoms with van der Waals surface area (Å²) in [5, 5.41) is 5.76. The van der Waals surface area contributed by atoms with Gasteiger partial charge in [-0.3, -0.25) is 9.59 Å². The van der Waals surface area contributed by atoms with Crippen molar-refractivity contribution in [2.24, 2.45) is 0 Å². The van der Waals surface area contributed by atoms with E-state index >= 15 is 0 Å². The van der Waals surface area contributed by atoms with Crippen molar-refractivity contribution in [3.05, 3.63) is 16.1 Å². The molecule has 1 aromatic heterocycles. The molecular weight excluding hydrogens is 250 g/mol. The fourth-order valence-electron chi connectivity index (χ4n) is 2.02. The average molecular weight is 267 g/mol. The lowest BCUT2D eigenvalue weighted by Gasteiger charge is -2.22. The number of nitrogens with one attached hydrogen (secondary N) is 2. The number of fused-ring (bicyclic) bond motifs is 1. The number of Topliss-reactive ketones (excluding diaryl/α,β-unsaturated/α-hetero) is 1. The Morgan fingerprint density at radius 3 is 3.11 bits per heavy atom. The smallest absolute Gasteiger partial charge is 0.217 e. The third-order valence-corrected chi connectivity index (χ3v) is 3.91. The molecule has 5 nitrogen and oxygen atoms in total. The Morgan fingerprint density at radius 2 is 2.33 bits per heavy atom. The molecule has 0 aromatic carbocycles. The molecule has 2 N–H and O–H groups in total. The summed E-state index contributed by atoms with van der Waals surface area (Å²) in [5.74, 6) is -0.157. The van der Waals surface area contributed by atoms with Crippen LogP contribution in [0.5, 0.6) is 0 Å². The van der Waals surface area contributed by atoms with Crippen LogP contribution in [0, 0.1) is 0 Å². The van der Waals surface area contributed by atoms with Crippen LogP contribution >= 0.6 is 11.3 Å².